The molecule has 0 saturated heterocycles. The van der Waals surface area contributed by atoms with E-state index in [-0.39, 0.29) is 0 Å². The third-order valence-corrected chi connectivity index (χ3v) is 2.81. The first-order valence-corrected chi connectivity index (χ1v) is 5.97. The molecule has 0 bridgehead atoms. The lowest BCUT2D eigenvalue weighted by atomic mass is 10.3. The molecule has 2 heterocycles. The monoisotopic (exact) mass is 250 g/mol. The van der Waals surface area contributed by atoms with Gasteiger partial charge in [-0.1, -0.05) is 12.2 Å². The first kappa shape index (κ1) is 11.0. The molecule has 2 aromatic heterocycles. The van der Waals surface area contributed by atoms with Gasteiger partial charge in [0.25, 0.3) is 0 Å². The van der Waals surface area contributed by atoms with Gasteiger partial charge in [-0.05, 0) is 12.1 Å². The zero-order chi connectivity index (χ0) is 11.4. The Morgan fingerprint density at radius 1 is 1.50 bits per heavy atom. The highest BCUT2D eigenvalue weighted by Gasteiger charge is 2.00. The number of hydrogen-bond acceptors (Lipinski definition) is 5. The minimum Gasteiger partial charge on any atom is -0.388 e. The molecule has 0 aliphatic carbocycles. The molecule has 0 aliphatic heterocycles. The fraction of sp³-hybridized carbons (Fsp3) is 0.100. The molecule has 0 aromatic carbocycles. The van der Waals surface area contributed by atoms with Crippen LogP contribution in [0.25, 0.3) is 0 Å². The lowest BCUT2D eigenvalue weighted by molar-refractivity contribution is 1.07. The van der Waals surface area contributed by atoms with Crippen LogP contribution in [-0.2, 0) is 6.54 Å². The maximum absolute atomic E-state index is 5.50. The molecule has 3 N–H and O–H groups in total. The number of pyridine rings is 1. The first-order valence-electron chi connectivity index (χ1n) is 4.62. The summed E-state index contributed by atoms with van der Waals surface area (Å²) in [5, 5.41) is 5.23. The van der Waals surface area contributed by atoms with Gasteiger partial charge in [-0.2, -0.15) is 0 Å². The standard InChI is InChI=1S/C10H10N4S2/c11-10(15)9-3-7(1-2-12-9)13-4-8-5-16-6-14-8/h1-3,5-6H,4H2,(H2,11,15)(H,12,13). The molecular formula is C10H10N4S2. The van der Waals surface area contributed by atoms with Crippen molar-refractivity contribution in [3.05, 3.63) is 40.6 Å². The molecule has 0 atom stereocenters. The van der Waals surface area contributed by atoms with Gasteiger partial charge in [0.2, 0.25) is 0 Å². The molecule has 0 radical (unpaired) electrons. The van der Waals surface area contributed by atoms with E-state index >= 15 is 0 Å². The van der Waals surface area contributed by atoms with Gasteiger partial charge in [0.15, 0.2) is 0 Å². The van der Waals surface area contributed by atoms with Crippen molar-refractivity contribution in [2.75, 3.05) is 5.32 Å². The Balaban J connectivity index is 2.04. The van der Waals surface area contributed by atoms with E-state index in [2.05, 4.69) is 15.3 Å². The van der Waals surface area contributed by atoms with Crippen molar-refractivity contribution in [2.45, 2.75) is 6.54 Å². The summed E-state index contributed by atoms with van der Waals surface area (Å²) in [6, 6.07) is 3.70. The van der Waals surface area contributed by atoms with E-state index in [0.29, 0.717) is 17.2 Å². The van der Waals surface area contributed by atoms with Crippen molar-refractivity contribution in [1.82, 2.24) is 9.97 Å². The van der Waals surface area contributed by atoms with E-state index in [1.165, 1.54) is 0 Å². The molecular weight excluding hydrogens is 240 g/mol. The van der Waals surface area contributed by atoms with Gasteiger partial charge < -0.3 is 11.1 Å². The molecule has 4 nitrogen and oxygen atoms in total. The number of nitrogens with two attached hydrogens (primary N) is 1. The summed E-state index contributed by atoms with van der Waals surface area (Å²) < 4.78 is 0. The second-order valence-corrected chi connectivity index (χ2v) is 4.29. The Labute approximate surface area is 103 Å². The second-order valence-electron chi connectivity index (χ2n) is 3.13. The third-order valence-electron chi connectivity index (χ3n) is 1.97. The normalized spacial score (nSPS) is 10.0. The van der Waals surface area contributed by atoms with Crippen molar-refractivity contribution in [1.29, 1.82) is 0 Å². The number of hydrogen-bond donors (Lipinski definition) is 2. The molecule has 16 heavy (non-hydrogen) atoms. The van der Waals surface area contributed by atoms with Gasteiger partial charge in [-0.15, -0.1) is 11.3 Å². The van der Waals surface area contributed by atoms with Gasteiger partial charge in [0.05, 0.1) is 23.4 Å². The SMILES string of the molecule is NC(=S)c1cc(NCc2cscn2)ccn1. The maximum Gasteiger partial charge on any atom is 0.122 e. The van der Waals surface area contributed by atoms with Crippen molar-refractivity contribution in [3.8, 4) is 0 Å². The highest BCUT2D eigenvalue weighted by Crippen LogP contribution is 2.10. The lowest BCUT2D eigenvalue weighted by Gasteiger charge is -2.05. The lowest BCUT2D eigenvalue weighted by Crippen LogP contribution is -2.12. The summed E-state index contributed by atoms with van der Waals surface area (Å²) in [4.78, 5) is 8.55. The zero-order valence-electron chi connectivity index (χ0n) is 8.38. The quantitative estimate of drug-likeness (QED) is 0.810. The summed E-state index contributed by atoms with van der Waals surface area (Å²) in [5.41, 5.74) is 9.89. The van der Waals surface area contributed by atoms with Crippen molar-refractivity contribution >= 4 is 34.2 Å². The number of aromatic nitrogens is 2. The van der Waals surface area contributed by atoms with Gasteiger partial charge in [-0.3, -0.25) is 4.98 Å². The number of anilines is 1. The van der Waals surface area contributed by atoms with E-state index in [4.69, 9.17) is 18.0 Å². The van der Waals surface area contributed by atoms with Crippen LogP contribution < -0.4 is 11.1 Å². The summed E-state index contributed by atoms with van der Waals surface area (Å²) in [6.07, 6.45) is 1.68. The molecule has 0 aliphatic rings. The van der Waals surface area contributed by atoms with Crippen molar-refractivity contribution < 1.29 is 0 Å². The highest BCUT2D eigenvalue weighted by molar-refractivity contribution is 7.80. The Morgan fingerprint density at radius 2 is 2.38 bits per heavy atom. The van der Waals surface area contributed by atoms with Crippen LogP contribution in [0.2, 0.25) is 0 Å². The van der Waals surface area contributed by atoms with Crippen LogP contribution in [-0.4, -0.2) is 15.0 Å². The molecule has 2 aromatic rings. The molecule has 82 valence electrons. The Hall–Kier alpha value is -1.53. The van der Waals surface area contributed by atoms with Crippen LogP contribution in [0.4, 0.5) is 5.69 Å². The average molecular weight is 250 g/mol. The summed E-state index contributed by atoms with van der Waals surface area (Å²) >= 11 is 6.44. The minimum absolute atomic E-state index is 0.303. The predicted octanol–water partition coefficient (Wildman–Crippen LogP) is 1.78. The van der Waals surface area contributed by atoms with E-state index < -0.39 is 0 Å². The Morgan fingerprint density at radius 3 is 3.06 bits per heavy atom. The predicted molar refractivity (Wildman–Crippen MR) is 69.6 cm³/mol. The van der Waals surface area contributed by atoms with Gasteiger partial charge in [0, 0.05) is 17.3 Å². The summed E-state index contributed by atoms with van der Waals surface area (Å²) in [5.74, 6) is 0. The largest absolute Gasteiger partial charge is 0.388 e. The van der Waals surface area contributed by atoms with Crippen molar-refractivity contribution in [2.24, 2.45) is 5.73 Å². The third kappa shape index (κ3) is 2.74. The van der Waals surface area contributed by atoms with Crippen LogP contribution in [0, 0.1) is 0 Å². The van der Waals surface area contributed by atoms with E-state index in [9.17, 15) is 0 Å². The van der Waals surface area contributed by atoms with Crippen LogP contribution in [0.3, 0.4) is 0 Å². The Kier molecular flexibility index (Phi) is 3.43. The van der Waals surface area contributed by atoms with Gasteiger partial charge >= 0.3 is 0 Å². The van der Waals surface area contributed by atoms with E-state index in [1.54, 1.807) is 17.5 Å². The summed E-state index contributed by atoms with van der Waals surface area (Å²) in [6.45, 7) is 0.685. The molecule has 0 amide bonds. The molecule has 0 saturated carbocycles. The maximum atomic E-state index is 5.50. The number of thiocarbonyl (C=S) groups is 1. The Bertz CT molecular complexity index is 481. The molecule has 0 unspecified atom stereocenters. The van der Waals surface area contributed by atoms with Crippen LogP contribution >= 0.6 is 23.6 Å². The molecule has 2 rings (SSSR count). The number of nitrogens with zero attached hydrogens (tertiary/aromatic N) is 2. The van der Waals surface area contributed by atoms with Gasteiger partial charge in [-0.25, -0.2) is 4.98 Å². The summed E-state index contributed by atoms with van der Waals surface area (Å²) in [7, 11) is 0. The topological polar surface area (TPSA) is 63.8 Å². The average Bonchev–Trinajstić information content (AvgIpc) is 2.79. The fourth-order valence-corrected chi connectivity index (χ4v) is 1.86. The number of thiazole rings is 1. The van der Waals surface area contributed by atoms with Crippen LogP contribution in [0.5, 0.6) is 0 Å². The zero-order valence-corrected chi connectivity index (χ0v) is 10.0. The first-order chi connectivity index (χ1) is 7.75. The molecule has 0 fully saturated rings. The van der Waals surface area contributed by atoms with E-state index in [1.807, 2.05) is 23.0 Å². The molecule has 6 heteroatoms. The number of rotatable bonds is 4. The van der Waals surface area contributed by atoms with Crippen molar-refractivity contribution in [3.63, 3.8) is 0 Å². The number of nitrogens with one attached hydrogen (secondary N) is 1. The van der Waals surface area contributed by atoms with Gasteiger partial charge in [0.1, 0.15) is 4.99 Å². The smallest absolute Gasteiger partial charge is 0.122 e. The highest BCUT2D eigenvalue weighted by atomic mass is 32.1. The molecule has 0 spiro atoms. The van der Waals surface area contributed by atoms with E-state index in [0.717, 1.165) is 11.4 Å². The fourth-order valence-electron chi connectivity index (χ4n) is 1.19. The van der Waals surface area contributed by atoms with Crippen LogP contribution in [0.15, 0.2) is 29.2 Å². The minimum atomic E-state index is 0.303. The van der Waals surface area contributed by atoms with Crippen LogP contribution in [0.1, 0.15) is 11.4 Å². The second kappa shape index (κ2) is 5.00.